The molecule has 1 aliphatic heterocycles. The van der Waals surface area contributed by atoms with E-state index in [0.29, 0.717) is 23.5 Å². The van der Waals surface area contributed by atoms with Crippen LogP contribution in [0, 0.1) is 0 Å². The van der Waals surface area contributed by atoms with Crippen LogP contribution >= 0.6 is 0 Å². The third-order valence-electron chi connectivity index (χ3n) is 5.35. The van der Waals surface area contributed by atoms with Crippen molar-refractivity contribution in [2.24, 2.45) is 0 Å². The van der Waals surface area contributed by atoms with Gasteiger partial charge in [-0.2, -0.15) is 5.10 Å². The lowest BCUT2D eigenvalue weighted by Gasteiger charge is -2.33. The molecule has 4 heterocycles. The highest BCUT2D eigenvalue weighted by atomic mass is 16.5. The zero-order valence-corrected chi connectivity index (χ0v) is 17.2. The number of fused-ring (bicyclic) bond motifs is 1. The van der Waals surface area contributed by atoms with Crippen molar-refractivity contribution in [3.05, 3.63) is 72.8 Å². The summed E-state index contributed by atoms with van der Waals surface area (Å²) in [4.78, 5) is 23.2. The van der Waals surface area contributed by atoms with Gasteiger partial charge in [0.25, 0.3) is 5.91 Å². The number of aromatic amines is 1. The Hall–Kier alpha value is -3.78. The number of ether oxygens (including phenoxy) is 1. The van der Waals surface area contributed by atoms with Crippen molar-refractivity contribution in [2.45, 2.75) is 13.0 Å². The van der Waals surface area contributed by atoms with Crippen LogP contribution in [0.15, 0.2) is 67.3 Å². The number of morpholine rings is 1. The van der Waals surface area contributed by atoms with Gasteiger partial charge in [0, 0.05) is 30.9 Å². The van der Waals surface area contributed by atoms with E-state index in [1.807, 2.05) is 48.8 Å². The predicted molar refractivity (Wildman–Crippen MR) is 117 cm³/mol. The van der Waals surface area contributed by atoms with Gasteiger partial charge in [0.1, 0.15) is 5.69 Å². The molecule has 3 aromatic heterocycles. The standard InChI is InChI=1S/C23H22N6O2/c1-16-14-28(11-12-31-16)21-8-9-24-13-19(21)27-23(30)18-7-10-25-29-15-20(26-22(18)29)17-5-3-2-4-6-17/h2-10,13,15-16H,11-12,14H2,1H3,(H,27,30)/p+1/t16-/m0/s1. The lowest BCUT2D eigenvalue weighted by atomic mass is 10.2. The zero-order valence-electron chi connectivity index (χ0n) is 17.2. The normalized spacial score (nSPS) is 16.4. The molecule has 8 heteroatoms. The molecule has 0 aliphatic carbocycles. The fourth-order valence-corrected chi connectivity index (χ4v) is 3.85. The second-order valence-corrected chi connectivity index (χ2v) is 7.53. The number of benzene rings is 1. The summed E-state index contributed by atoms with van der Waals surface area (Å²) >= 11 is 0. The summed E-state index contributed by atoms with van der Waals surface area (Å²) in [5, 5.41) is 7.37. The number of carbonyl (C=O) groups excluding carboxylic acids is 1. The number of aromatic nitrogens is 4. The Kier molecular flexibility index (Phi) is 5.05. The van der Waals surface area contributed by atoms with Crippen LogP contribution < -0.4 is 15.2 Å². The first-order valence-corrected chi connectivity index (χ1v) is 10.3. The summed E-state index contributed by atoms with van der Waals surface area (Å²) < 4.78 is 7.29. The molecular weight excluding hydrogens is 392 g/mol. The Morgan fingerprint density at radius 3 is 2.94 bits per heavy atom. The molecule has 5 rings (SSSR count). The lowest BCUT2D eigenvalue weighted by Crippen LogP contribution is -2.41. The van der Waals surface area contributed by atoms with E-state index in [-0.39, 0.29) is 12.0 Å². The minimum Gasteiger partial charge on any atom is -0.375 e. The van der Waals surface area contributed by atoms with Crippen molar-refractivity contribution in [3.8, 4) is 11.3 Å². The van der Waals surface area contributed by atoms with E-state index in [1.165, 1.54) is 0 Å². The van der Waals surface area contributed by atoms with E-state index < -0.39 is 0 Å². The molecule has 8 nitrogen and oxygen atoms in total. The van der Waals surface area contributed by atoms with Crippen molar-refractivity contribution < 1.29 is 14.5 Å². The highest BCUT2D eigenvalue weighted by Crippen LogP contribution is 2.27. The van der Waals surface area contributed by atoms with Crippen LogP contribution in [0.25, 0.3) is 16.9 Å². The third-order valence-corrected chi connectivity index (χ3v) is 5.35. The Morgan fingerprint density at radius 2 is 2.10 bits per heavy atom. The molecule has 31 heavy (non-hydrogen) atoms. The average Bonchev–Trinajstić information content (AvgIpc) is 3.24. The quantitative estimate of drug-likeness (QED) is 0.554. The van der Waals surface area contributed by atoms with Gasteiger partial charge >= 0.3 is 0 Å². The number of anilines is 2. The smallest absolute Gasteiger partial charge is 0.259 e. The molecule has 156 valence electrons. The molecule has 1 saturated heterocycles. The van der Waals surface area contributed by atoms with Crippen molar-refractivity contribution in [2.75, 3.05) is 29.9 Å². The molecule has 1 aromatic carbocycles. The highest BCUT2D eigenvalue weighted by molar-refractivity contribution is 6.09. The fourth-order valence-electron chi connectivity index (χ4n) is 3.85. The van der Waals surface area contributed by atoms with E-state index in [9.17, 15) is 4.79 Å². The molecule has 1 amide bonds. The van der Waals surface area contributed by atoms with Gasteiger partial charge in [0.15, 0.2) is 18.0 Å². The topological polar surface area (TPSA) is 85.9 Å². The third kappa shape index (κ3) is 3.85. The summed E-state index contributed by atoms with van der Waals surface area (Å²) in [7, 11) is 0. The molecule has 0 bridgehead atoms. The Labute approximate surface area is 179 Å². The van der Waals surface area contributed by atoms with E-state index in [4.69, 9.17) is 4.74 Å². The largest absolute Gasteiger partial charge is 0.375 e. The van der Waals surface area contributed by atoms with Crippen LogP contribution in [0.3, 0.4) is 0 Å². The molecule has 0 spiro atoms. The van der Waals surface area contributed by atoms with Crippen LogP contribution in [0.4, 0.5) is 11.4 Å². The Bertz CT molecular complexity index is 1220. The van der Waals surface area contributed by atoms with Gasteiger partial charge in [0.2, 0.25) is 0 Å². The van der Waals surface area contributed by atoms with E-state index in [2.05, 4.69) is 32.2 Å². The van der Waals surface area contributed by atoms with Gasteiger partial charge in [-0.25, -0.2) is 14.5 Å². The molecule has 2 N–H and O–H groups in total. The number of nitrogens with one attached hydrogen (secondary N) is 2. The van der Waals surface area contributed by atoms with Crippen molar-refractivity contribution in [3.63, 3.8) is 0 Å². The monoisotopic (exact) mass is 415 g/mol. The van der Waals surface area contributed by atoms with Gasteiger partial charge in [-0.1, -0.05) is 30.3 Å². The van der Waals surface area contributed by atoms with Crippen LogP contribution in [0.5, 0.6) is 0 Å². The number of amides is 1. The van der Waals surface area contributed by atoms with Crippen molar-refractivity contribution in [1.29, 1.82) is 0 Å². The fraction of sp³-hybridized carbons (Fsp3) is 0.217. The predicted octanol–water partition coefficient (Wildman–Crippen LogP) is 2.69. The van der Waals surface area contributed by atoms with E-state index in [0.717, 1.165) is 30.0 Å². The minimum absolute atomic E-state index is 0.141. The summed E-state index contributed by atoms with van der Waals surface area (Å²) in [6.45, 7) is 4.26. The number of rotatable bonds is 4. The van der Waals surface area contributed by atoms with Crippen LogP contribution in [0.1, 0.15) is 17.3 Å². The number of carbonyl (C=O) groups is 1. The number of pyridine rings is 1. The average molecular weight is 415 g/mol. The zero-order chi connectivity index (χ0) is 21.2. The SMILES string of the molecule is C[C@H]1CN(c2cc[nH+]cc2NC(=O)c2ccnn3cc(-c4ccccc4)nc23)CCO1. The second-order valence-electron chi connectivity index (χ2n) is 7.53. The molecular formula is C23H23N6O2+. The second kappa shape index (κ2) is 8.16. The number of hydrogen-bond acceptors (Lipinski definition) is 5. The highest BCUT2D eigenvalue weighted by Gasteiger charge is 2.22. The van der Waals surface area contributed by atoms with Crippen LogP contribution in [0.2, 0.25) is 0 Å². The summed E-state index contributed by atoms with van der Waals surface area (Å²) in [5.41, 5.74) is 4.39. The molecule has 0 radical (unpaired) electrons. The molecule has 0 saturated carbocycles. The van der Waals surface area contributed by atoms with Crippen molar-refractivity contribution >= 4 is 22.9 Å². The van der Waals surface area contributed by atoms with Gasteiger partial charge in [-0.15, -0.1) is 0 Å². The first-order valence-electron chi connectivity index (χ1n) is 10.3. The van der Waals surface area contributed by atoms with E-state index >= 15 is 0 Å². The summed E-state index contributed by atoms with van der Waals surface area (Å²) in [6.07, 6.45) is 7.24. The van der Waals surface area contributed by atoms with Gasteiger partial charge in [-0.05, 0) is 13.0 Å². The summed E-state index contributed by atoms with van der Waals surface area (Å²) in [6, 6.07) is 13.5. The first kappa shape index (κ1) is 19.2. The Balaban J connectivity index is 1.46. The maximum Gasteiger partial charge on any atom is 0.259 e. The molecule has 1 fully saturated rings. The molecule has 4 aromatic rings. The van der Waals surface area contributed by atoms with E-state index in [1.54, 1.807) is 23.0 Å². The Morgan fingerprint density at radius 1 is 1.23 bits per heavy atom. The molecule has 1 atom stereocenters. The van der Waals surface area contributed by atoms with Gasteiger partial charge in [-0.3, -0.25) is 4.79 Å². The minimum atomic E-state index is -0.236. The molecule has 0 unspecified atom stereocenters. The number of nitrogens with zero attached hydrogens (tertiary/aromatic N) is 4. The van der Waals surface area contributed by atoms with Gasteiger partial charge in [0.05, 0.1) is 35.9 Å². The number of hydrogen-bond donors (Lipinski definition) is 1. The number of H-pyrrole nitrogens is 1. The maximum atomic E-state index is 13.2. The van der Waals surface area contributed by atoms with Crippen molar-refractivity contribution in [1.82, 2.24) is 14.6 Å². The number of imidazole rings is 1. The van der Waals surface area contributed by atoms with Gasteiger partial charge < -0.3 is 15.0 Å². The van der Waals surface area contributed by atoms with Crippen LogP contribution in [-0.2, 0) is 4.74 Å². The molecule has 1 aliphatic rings. The lowest BCUT2D eigenvalue weighted by molar-refractivity contribution is -0.376. The summed E-state index contributed by atoms with van der Waals surface area (Å²) in [5.74, 6) is -0.236. The maximum absolute atomic E-state index is 13.2. The van der Waals surface area contributed by atoms with Crippen LogP contribution in [-0.4, -0.2) is 46.3 Å². The first-order chi connectivity index (χ1) is 15.2.